The van der Waals surface area contributed by atoms with Crippen LogP contribution >= 0.6 is 11.6 Å². The Morgan fingerprint density at radius 1 is 0.909 bits per heavy atom. The third-order valence-electron chi connectivity index (χ3n) is 7.33. The molecular formula is C26H31ClN4O2. The van der Waals surface area contributed by atoms with Gasteiger partial charge >= 0.3 is 6.03 Å². The van der Waals surface area contributed by atoms with E-state index in [-0.39, 0.29) is 11.9 Å². The van der Waals surface area contributed by atoms with Crippen LogP contribution in [0.2, 0.25) is 5.02 Å². The molecule has 33 heavy (non-hydrogen) atoms. The maximum atomic E-state index is 13.2. The van der Waals surface area contributed by atoms with E-state index in [0.29, 0.717) is 19.4 Å². The minimum atomic E-state index is -0.748. The van der Waals surface area contributed by atoms with E-state index < -0.39 is 5.54 Å². The summed E-state index contributed by atoms with van der Waals surface area (Å²) in [7, 11) is 0. The van der Waals surface area contributed by atoms with Crippen molar-refractivity contribution in [3.63, 3.8) is 0 Å². The SMILES string of the molecule is O=C1NC2(CCc3ccccc3C2)C(=O)N1CCCCN1CCN(c2cccc(Cl)c2)CC1. The van der Waals surface area contributed by atoms with Crippen LogP contribution in [0.1, 0.15) is 30.4 Å². The van der Waals surface area contributed by atoms with Crippen LogP contribution in [-0.4, -0.2) is 66.5 Å². The number of nitrogens with one attached hydrogen (secondary N) is 1. The molecule has 174 valence electrons. The van der Waals surface area contributed by atoms with Crippen molar-refractivity contribution in [2.45, 2.75) is 37.6 Å². The first-order valence-corrected chi connectivity index (χ1v) is 12.4. The van der Waals surface area contributed by atoms with Gasteiger partial charge in [0.15, 0.2) is 0 Å². The van der Waals surface area contributed by atoms with E-state index in [9.17, 15) is 9.59 Å². The van der Waals surface area contributed by atoms with E-state index in [4.69, 9.17) is 11.6 Å². The summed E-state index contributed by atoms with van der Waals surface area (Å²) in [6.45, 7) is 5.48. The number of nitrogens with zero attached hydrogens (tertiary/aromatic N) is 3. The Balaban J connectivity index is 1.08. The third-order valence-corrected chi connectivity index (χ3v) is 7.56. The number of aryl methyl sites for hydroxylation is 1. The van der Waals surface area contributed by atoms with Crippen LogP contribution in [0.4, 0.5) is 10.5 Å². The number of unbranched alkanes of at least 4 members (excludes halogenated alkanes) is 1. The highest BCUT2D eigenvalue weighted by molar-refractivity contribution is 6.30. The van der Waals surface area contributed by atoms with E-state index in [0.717, 1.165) is 57.0 Å². The quantitative estimate of drug-likeness (QED) is 0.520. The molecule has 2 aliphatic heterocycles. The fourth-order valence-electron chi connectivity index (χ4n) is 5.41. The highest BCUT2D eigenvalue weighted by Crippen LogP contribution is 2.33. The van der Waals surface area contributed by atoms with E-state index in [1.165, 1.54) is 21.7 Å². The number of halogens is 1. The number of benzene rings is 2. The Morgan fingerprint density at radius 2 is 1.67 bits per heavy atom. The zero-order valence-electron chi connectivity index (χ0n) is 18.9. The molecule has 2 saturated heterocycles. The van der Waals surface area contributed by atoms with Crippen LogP contribution in [0, 0.1) is 0 Å². The minimum Gasteiger partial charge on any atom is -0.369 e. The van der Waals surface area contributed by atoms with E-state index >= 15 is 0 Å². The lowest BCUT2D eigenvalue weighted by Crippen LogP contribution is -2.51. The lowest BCUT2D eigenvalue weighted by Gasteiger charge is -2.36. The smallest absolute Gasteiger partial charge is 0.325 e. The molecule has 2 fully saturated rings. The normalized spacial score (nSPS) is 23.2. The summed E-state index contributed by atoms with van der Waals surface area (Å²) in [5.74, 6) is -0.0443. The van der Waals surface area contributed by atoms with Crippen LogP contribution in [0.15, 0.2) is 48.5 Å². The first-order chi connectivity index (χ1) is 16.0. The molecule has 5 rings (SSSR count). The van der Waals surface area contributed by atoms with E-state index in [1.54, 1.807) is 0 Å². The van der Waals surface area contributed by atoms with Gasteiger partial charge in [-0.05, 0) is 61.6 Å². The van der Waals surface area contributed by atoms with Crippen LogP contribution in [-0.2, 0) is 17.6 Å². The van der Waals surface area contributed by atoms with Crippen molar-refractivity contribution < 1.29 is 9.59 Å². The van der Waals surface area contributed by atoms with Crippen molar-refractivity contribution in [1.29, 1.82) is 0 Å². The van der Waals surface area contributed by atoms with Gasteiger partial charge in [-0.15, -0.1) is 0 Å². The average Bonchev–Trinajstić information content (AvgIpc) is 3.05. The van der Waals surface area contributed by atoms with Gasteiger partial charge in [-0.25, -0.2) is 4.79 Å². The molecule has 6 nitrogen and oxygen atoms in total. The first kappa shape index (κ1) is 22.2. The summed E-state index contributed by atoms with van der Waals surface area (Å²) >= 11 is 6.13. The highest BCUT2D eigenvalue weighted by Gasteiger charge is 2.51. The van der Waals surface area contributed by atoms with Gasteiger partial charge in [-0.3, -0.25) is 14.6 Å². The molecule has 1 N–H and O–H groups in total. The van der Waals surface area contributed by atoms with Crippen LogP contribution in [0.25, 0.3) is 0 Å². The molecular weight excluding hydrogens is 436 g/mol. The number of hydrogen-bond donors (Lipinski definition) is 1. The number of carbonyl (C=O) groups is 2. The molecule has 2 aromatic carbocycles. The number of amides is 3. The van der Waals surface area contributed by atoms with Gasteiger partial charge < -0.3 is 10.2 Å². The number of piperazine rings is 1. The third kappa shape index (κ3) is 4.59. The molecule has 1 aliphatic carbocycles. The number of rotatable bonds is 6. The summed E-state index contributed by atoms with van der Waals surface area (Å²) in [5.41, 5.74) is 2.90. The summed E-state index contributed by atoms with van der Waals surface area (Å²) < 4.78 is 0. The Kier molecular flexibility index (Phi) is 6.30. The minimum absolute atomic E-state index is 0.0443. The van der Waals surface area contributed by atoms with Crippen LogP contribution in [0.5, 0.6) is 0 Å². The van der Waals surface area contributed by atoms with Crippen molar-refractivity contribution in [3.8, 4) is 0 Å². The fraction of sp³-hybridized carbons (Fsp3) is 0.462. The predicted molar refractivity (Wildman–Crippen MR) is 131 cm³/mol. The Morgan fingerprint density at radius 3 is 2.45 bits per heavy atom. The van der Waals surface area contributed by atoms with Crippen LogP contribution in [0.3, 0.4) is 0 Å². The second kappa shape index (κ2) is 9.35. The van der Waals surface area contributed by atoms with Gasteiger partial charge in [-0.2, -0.15) is 0 Å². The molecule has 0 bridgehead atoms. The molecule has 3 aliphatic rings. The Hall–Kier alpha value is -2.57. The molecule has 2 aromatic rings. The van der Waals surface area contributed by atoms with Crippen molar-refractivity contribution in [2.24, 2.45) is 0 Å². The summed E-state index contributed by atoms with van der Waals surface area (Å²) in [6.07, 6.45) is 3.92. The standard InChI is InChI=1S/C26H31ClN4O2/c27-22-8-5-9-23(18-22)30-16-14-29(15-17-30)12-3-4-13-31-24(32)26(28-25(31)33)11-10-20-6-1-2-7-21(20)19-26/h1-2,5-9,18H,3-4,10-17,19H2,(H,28,33). The Labute approximate surface area is 200 Å². The molecule has 1 atom stereocenters. The lowest BCUT2D eigenvalue weighted by atomic mass is 9.78. The molecule has 0 saturated carbocycles. The molecule has 7 heteroatoms. The Bertz CT molecular complexity index is 1040. The zero-order valence-corrected chi connectivity index (χ0v) is 19.7. The maximum Gasteiger partial charge on any atom is 0.325 e. The number of imide groups is 1. The molecule has 0 aromatic heterocycles. The molecule has 1 unspecified atom stereocenters. The summed E-state index contributed by atoms with van der Waals surface area (Å²) in [5, 5.41) is 3.81. The second-order valence-electron chi connectivity index (χ2n) is 9.43. The largest absolute Gasteiger partial charge is 0.369 e. The van der Waals surface area contributed by atoms with Gasteiger partial charge in [0.05, 0.1) is 0 Å². The summed E-state index contributed by atoms with van der Waals surface area (Å²) in [6, 6.07) is 16.0. The van der Waals surface area contributed by atoms with Gasteiger partial charge in [0.25, 0.3) is 5.91 Å². The van der Waals surface area contributed by atoms with Crippen molar-refractivity contribution in [2.75, 3.05) is 44.2 Å². The predicted octanol–water partition coefficient (Wildman–Crippen LogP) is 3.72. The maximum absolute atomic E-state index is 13.2. The number of urea groups is 1. The van der Waals surface area contributed by atoms with Gasteiger partial charge in [0.1, 0.15) is 5.54 Å². The van der Waals surface area contributed by atoms with Crippen molar-refractivity contribution >= 4 is 29.2 Å². The van der Waals surface area contributed by atoms with Crippen LogP contribution < -0.4 is 10.2 Å². The molecule has 2 heterocycles. The monoisotopic (exact) mass is 466 g/mol. The summed E-state index contributed by atoms with van der Waals surface area (Å²) in [4.78, 5) is 32.1. The second-order valence-corrected chi connectivity index (χ2v) is 9.87. The highest BCUT2D eigenvalue weighted by atomic mass is 35.5. The topological polar surface area (TPSA) is 55.9 Å². The fourth-order valence-corrected chi connectivity index (χ4v) is 5.60. The van der Waals surface area contributed by atoms with Gasteiger partial charge in [0.2, 0.25) is 0 Å². The molecule has 0 radical (unpaired) electrons. The number of anilines is 1. The first-order valence-electron chi connectivity index (χ1n) is 12.0. The number of fused-ring (bicyclic) bond motifs is 1. The lowest BCUT2D eigenvalue weighted by molar-refractivity contribution is -0.131. The molecule has 3 amide bonds. The average molecular weight is 467 g/mol. The van der Waals surface area contributed by atoms with Gasteiger partial charge in [-0.1, -0.05) is 41.9 Å². The molecule has 1 spiro atoms. The van der Waals surface area contributed by atoms with E-state index in [2.05, 4.69) is 33.3 Å². The number of hydrogen-bond acceptors (Lipinski definition) is 4. The number of carbonyl (C=O) groups excluding carboxylic acids is 2. The zero-order chi connectivity index (χ0) is 22.8. The van der Waals surface area contributed by atoms with Crippen molar-refractivity contribution in [3.05, 3.63) is 64.7 Å². The van der Waals surface area contributed by atoms with Gasteiger partial charge in [0, 0.05) is 49.9 Å². The van der Waals surface area contributed by atoms with Crippen molar-refractivity contribution in [1.82, 2.24) is 15.1 Å². The van der Waals surface area contributed by atoms with E-state index in [1.807, 2.05) is 30.3 Å².